The number of aliphatic hydroxyl groups is 1. The van der Waals surface area contributed by atoms with Gasteiger partial charge in [0.05, 0.1) is 22.8 Å². The molecule has 1 aliphatic carbocycles. The first kappa shape index (κ1) is 24.5. The molecule has 1 unspecified atom stereocenters. The summed E-state index contributed by atoms with van der Waals surface area (Å²) in [6.07, 6.45) is 4.06. The molecule has 2 aromatic rings. The number of β-amino-alcohol motifs (C(OH)–C–C–N with tert-alkyl or cyclic N) is 1. The van der Waals surface area contributed by atoms with Gasteiger partial charge in [-0.2, -0.15) is 5.26 Å². The molecule has 1 atom stereocenters. The van der Waals surface area contributed by atoms with E-state index in [1.165, 1.54) is 23.8 Å². The van der Waals surface area contributed by atoms with Gasteiger partial charge in [-0.3, -0.25) is 4.90 Å². The van der Waals surface area contributed by atoms with Gasteiger partial charge in [0.25, 0.3) is 0 Å². The molecule has 2 aromatic carbocycles. The number of nitrogens with one attached hydrogen (secondary N) is 1. The number of hydrogen-bond acceptors (Lipinski definition) is 4. The first-order valence-electron chi connectivity index (χ1n) is 11.9. The third-order valence-corrected chi connectivity index (χ3v) is 7.25. The Hall–Kier alpha value is -2.66. The minimum absolute atomic E-state index is 0.0319. The number of anilines is 1. The number of likely N-dealkylation sites (tertiary alicyclic amines) is 1. The highest BCUT2D eigenvalue weighted by Crippen LogP contribution is 2.35. The second-order valence-corrected chi connectivity index (χ2v) is 9.65. The number of nitriles is 1. The number of rotatable bonds is 6. The van der Waals surface area contributed by atoms with Crippen LogP contribution in [0.4, 0.5) is 14.9 Å². The Labute approximate surface area is 204 Å². The molecule has 4 rings (SSSR count). The van der Waals surface area contributed by atoms with Crippen LogP contribution in [0.2, 0.25) is 5.02 Å². The maximum Gasteiger partial charge on any atom is 0.322 e. The topological polar surface area (TPSA) is 79.6 Å². The van der Waals surface area contributed by atoms with E-state index in [0.717, 1.165) is 38.6 Å². The zero-order valence-corrected chi connectivity index (χ0v) is 19.8. The summed E-state index contributed by atoms with van der Waals surface area (Å²) >= 11 is 5.89. The highest BCUT2D eigenvalue weighted by molar-refractivity contribution is 6.31. The Morgan fingerprint density at radius 2 is 2.00 bits per heavy atom. The molecule has 2 fully saturated rings. The second kappa shape index (κ2) is 11.2. The van der Waals surface area contributed by atoms with Crippen molar-refractivity contribution in [1.29, 1.82) is 5.26 Å². The van der Waals surface area contributed by atoms with E-state index >= 15 is 0 Å². The van der Waals surface area contributed by atoms with Gasteiger partial charge < -0.3 is 15.3 Å². The Morgan fingerprint density at radius 3 is 2.68 bits per heavy atom. The van der Waals surface area contributed by atoms with E-state index < -0.39 is 5.82 Å². The largest absolute Gasteiger partial charge is 0.392 e. The smallest absolute Gasteiger partial charge is 0.322 e. The highest BCUT2D eigenvalue weighted by atomic mass is 35.5. The van der Waals surface area contributed by atoms with Crippen LogP contribution in [0.3, 0.4) is 0 Å². The zero-order valence-electron chi connectivity index (χ0n) is 19.1. The molecule has 1 aliphatic heterocycles. The normalized spacial score (nSPS) is 22.8. The van der Waals surface area contributed by atoms with Crippen LogP contribution in [0, 0.1) is 17.1 Å². The predicted octanol–water partition coefficient (Wildman–Crippen LogP) is 4.98. The average Bonchev–Trinajstić information content (AvgIpc) is 3.27. The number of aliphatic hydroxyl groups excluding tert-OH is 1. The number of nitrogens with zero attached hydrogens (tertiary/aromatic N) is 3. The molecule has 2 N–H and O–H groups in total. The monoisotopic (exact) mass is 484 g/mol. The Kier molecular flexibility index (Phi) is 8.04. The van der Waals surface area contributed by atoms with Crippen LogP contribution in [-0.4, -0.2) is 59.3 Å². The van der Waals surface area contributed by atoms with Gasteiger partial charge in [0.15, 0.2) is 0 Å². The fourth-order valence-corrected chi connectivity index (χ4v) is 5.25. The minimum Gasteiger partial charge on any atom is -0.392 e. The highest BCUT2D eigenvalue weighted by Gasteiger charge is 2.31. The number of carbonyl (C=O) groups excluding carboxylic acids is 1. The number of carbonyl (C=O) groups is 1. The molecule has 1 heterocycles. The lowest BCUT2D eigenvalue weighted by Gasteiger charge is -2.38. The van der Waals surface area contributed by atoms with Gasteiger partial charge in [0.2, 0.25) is 0 Å². The summed E-state index contributed by atoms with van der Waals surface area (Å²) < 4.78 is 13.5. The van der Waals surface area contributed by atoms with Crippen LogP contribution in [0.25, 0.3) is 0 Å². The summed E-state index contributed by atoms with van der Waals surface area (Å²) in [5.41, 5.74) is 2.31. The molecule has 1 saturated carbocycles. The third-order valence-electron chi connectivity index (χ3n) is 6.96. The van der Waals surface area contributed by atoms with Crippen molar-refractivity contribution < 1.29 is 14.3 Å². The van der Waals surface area contributed by atoms with Crippen LogP contribution in [0.15, 0.2) is 42.5 Å². The predicted molar refractivity (Wildman–Crippen MR) is 130 cm³/mol. The Morgan fingerprint density at radius 1 is 1.21 bits per heavy atom. The summed E-state index contributed by atoms with van der Waals surface area (Å²) in [6.45, 7) is 2.70. The lowest BCUT2D eigenvalue weighted by molar-refractivity contribution is 0.143. The molecule has 1 saturated heterocycles. The molecule has 34 heavy (non-hydrogen) atoms. The Bertz CT molecular complexity index is 1050. The van der Waals surface area contributed by atoms with E-state index in [9.17, 15) is 19.6 Å². The SMILES string of the molecule is N#Cc1cccc([C@H]2CC[C@@H](N(CCN3CCC(O)C3)C(=O)Nc3ccc(F)c(Cl)c3)CC2)c1. The van der Waals surface area contributed by atoms with Gasteiger partial charge >= 0.3 is 6.03 Å². The van der Waals surface area contributed by atoms with Crippen LogP contribution < -0.4 is 5.32 Å². The van der Waals surface area contributed by atoms with Gasteiger partial charge in [0.1, 0.15) is 5.82 Å². The van der Waals surface area contributed by atoms with E-state index in [4.69, 9.17) is 11.6 Å². The molecule has 0 spiro atoms. The summed E-state index contributed by atoms with van der Waals surface area (Å²) in [7, 11) is 0. The summed E-state index contributed by atoms with van der Waals surface area (Å²) in [6, 6.07) is 14.0. The van der Waals surface area contributed by atoms with Crippen molar-refractivity contribution in [3.8, 4) is 6.07 Å². The number of urea groups is 1. The molecule has 0 radical (unpaired) electrons. The lowest BCUT2D eigenvalue weighted by atomic mass is 9.81. The van der Waals surface area contributed by atoms with Crippen molar-refractivity contribution in [3.63, 3.8) is 0 Å². The van der Waals surface area contributed by atoms with Crippen molar-refractivity contribution in [2.24, 2.45) is 0 Å². The van der Waals surface area contributed by atoms with E-state index in [0.29, 0.717) is 36.8 Å². The number of halogens is 2. The summed E-state index contributed by atoms with van der Waals surface area (Å²) in [4.78, 5) is 17.3. The van der Waals surface area contributed by atoms with E-state index in [-0.39, 0.29) is 23.2 Å². The van der Waals surface area contributed by atoms with E-state index in [1.54, 1.807) is 0 Å². The quantitative estimate of drug-likeness (QED) is 0.606. The minimum atomic E-state index is -0.525. The number of benzene rings is 2. The van der Waals surface area contributed by atoms with Crippen molar-refractivity contribution in [2.45, 2.75) is 50.2 Å². The van der Waals surface area contributed by atoms with Crippen LogP contribution in [-0.2, 0) is 0 Å². The molecule has 180 valence electrons. The Balaban J connectivity index is 1.43. The lowest BCUT2D eigenvalue weighted by Crippen LogP contribution is -2.47. The van der Waals surface area contributed by atoms with Gasteiger partial charge in [-0.25, -0.2) is 9.18 Å². The molecule has 0 aromatic heterocycles. The molecular weight excluding hydrogens is 455 g/mol. The van der Waals surface area contributed by atoms with E-state index in [2.05, 4.69) is 22.4 Å². The maximum absolute atomic E-state index is 13.5. The van der Waals surface area contributed by atoms with Crippen molar-refractivity contribution in [2.75, 3.05) is 31.5 Å². The fourth-order valence-electron chi connectivity index (χ4n) is 5.07. The van der Waals surface area contributed by atoms with Gasteiger partial charge in [-0.1, -0.05) is 23.7 Å². The van der Waals surface area contributed by atoms with Crippen molar-refractivity contribution in [3.05, 3.63) is 64.4 Å². The fraction of sp³-hybridized carbons (Fsp3) is 0.462. The molecule has 2 amide bonds. The molecule has 6 nitrogen and oxygen atoms in total. The van der Waals surface area contributed by atoms with Gasteiger partial charge in [0, 0.05) is 37.9 Å². The van der Waals surface area contributed by atoms with Crippen molar-refractivity contribution >= 4 is 23.3 Å². The number of amides is 2. The van der Waals surface area contributed by atoms with Crippen LogP contribution in [0.1, 0.15) is 49.1 Å². The van der Waals surface area contributed by atoms with E-state index in [1.807, 2.05) is 23.1 Å². The van der Waals surface area contributed by atoms with Gasteiger partial charge in [-0.05, 0) is 73.9 Å². The van der Waals surface area contributed by atoms with Gasteiger partial charge in [-0.15, -0.1) is 0 Å². The maximum atomic E-state index is 13.5. The van der Waals surface area contributed by atoms with Crippen LogP contribution in [0.5, 0.6) is 0 Å². The average molecular weight is 485 g/mol. The first-order chi connectivity index (χ1) is 16.4. The third kappa shape index (κ3) is 6.06. The summed E-state index contributed by atoms with van der Waals surface area (Å²) in [5, 5.41) is 21.9. The molecular formula is C26H30ClFN4O2. The standard InChI is InChI=1S/C26H30ClFN4O2/c27-24-15-21(6-9-25(24)28)30-26(34)32(13-12-31-11-10-23(33)17-31)22-7-4-19(5-8-22)20-3-1-2-18(14-20)16-29/h1-3,6,9,14-15,19,22-23,33H,4-5,7-8,10-13,17H2,(H,30,34)/t19-,22+,23?. The molecule has 2 aliphatic rings. The zero-order chi connectivity index (χ0) is 24.1. The second-order valence-electron chi connectivity index (χ2n) is 9.24. The summed E-state index contributed by atoms with van der Waals surface area (Å²) in [5.74, 6) is -0.151. The van der Waals surface area contributed by atoms with Crippen LogP contribution >= 0.6 is 11.6 Å². The first-order valence-corrected chi connectivity index (χ1v) is 12.2. The molecule has 8 heteroatoms. The molecule has 0 bridgehead atoms. The number of hydrogen-bond donors (Lipinski definition) is 2. The van der Waals surface area contributed by atoms with Crippen molar-refractivity contribution in [1.82, 2.24) is 9.80 Å².